The van der Waals surface area contributed by atoms with Gasteiger partial charge in [0, 0.05) is 29.4 Å². The number of nitrogens with zero attached hydrogens (tertiary/aromatic N) is 1. The quantitative estimate of drug-likeness (QED) is 0.653. The SMILES string of the molecule is Cc1ccc(NC(=O)CN(C)C(=O)c2ccc(C(=O)c3ccccc3)cc2)cc1. The lowest BCUT2D eigenvalue weighted by Crippen LogP contribution is -2.34. The van der Waals surface area contributed by atoms with Crippen LogP contribution in [0.15, 0.2) is 78.9 Å². The lowest BCUT2D eigenvalue weighted by molar-refractivity contribution is -0.116. The van der Waals surface area contributed by atoms with E-state index in [9.17, 15) is 14.4 Å². The van der Waals surface area contributed by atoms with Gasteiger partial charge >= 0.3 is 0 Å². The molecule has 3 aromatic rings. The van der Waals surface area contributed by atoms with Crippen LogP contribution in [-0.4, -0.2) is 36.1 Å². The average Bonchev–Trinajstić information content (AvgIpc) is 2.75. The first-order chi connectivity index (χ1) is 13.9. The fourth-order valence-electron chi connectivity index (χ4n) is 2.87. The number of carbonyl (C=O) groups is 3. The summed E-state index contributed by atoms with van der Waals surface area (Å²) in [5.74, 6) is -0.668. The molecule has 0 spiro atoms. The van der Waals surface area contributed by atoms with Crippen molar-refractivity contribution in [1.29, 1.82) is 0 Å². The zero-order valence-electron chi connectivity index (χ0n) is 16.4. The number of amides is 2. The van der Waals surface area contributed by atoms with E-state index in [0.717, 1.165) is 5.56 Å². The van der Waals surface area contributed by atoms with Gasteiger partial charge in [-0.25, -0.2) is 0 Å². The molecule has 29 heavy (non-hydrogen) atoms. The highest BCUT2D eigenvalue weighted by Gasteiger charge is 2.16. The summed E-state index contributed by atoms with van der Waals surface area (Å²) in [4.78, 5) is 38.6. The summed E-state index contributed by atoms with van der Waals surface area (Å²) in [6.45, 7) is 1.90. The molecule has 2 amide bonds. The molecule has 0 fully saturated rings. The predicted octanol–water partition coefficient (Wildman–Crippen LogP) is 3.94. The van der Waals surface area contributed by atoms with Crippen LogP contribution in [0.3, 0.4) is 0 Å². The first-order valence-electron chi connectivity index (χ1n) is 9.26. The lowest BCUT2D eigenvalue weighted by atomic mass is 10.0. The topological polar surface area (TPSA) is 66.5 Å². The van der Waals surface area contributed by atoms with Gasteiger partial charge in [-0.2, -0.15) is 0 Å². The number of benzene rings is 3. The molecule has 146 valence electrons. The van der Waals surface area contributed by atoms with Crippen molar-refractivity contribution in [1.82, 2.24) is 4.90 Å². The molecule has 5 heteroatoms. The minimum atomic E-state index is -0.289. The number of ketones is 1. The third kappa shape index (κ3) is 5.17. The van der Waals surface area contributed by atoms with Crippen molar-refractivity contribution in [2.24, 2.45) is 0 Å². The predicted molar refractivity (Wildman–Crippen MR) is 113 cm³/mol. The zero-order valence-corrected chi connectivity index (χ0v) is 16.4. The first-order valence-corrected chi connectivity index (χ1v) is 9.26. The average molecular weight is 386 g/mol. The van der Waals surface area contributed by atoms with E-state index in [4.69, 9.17) is 0 Å². The van der Waals surface area contributed by atoms with Crippen LogP contribution < -0.4 is 5.32 Å². The number of likely N-dealkylation sites (N-methyl/N-ethyl adjacent to an activating group) is 1. The maximum atomic E-state index is 12.6. The molecule has 0 atom stereocenters. The highest BCUT2D eigenvalue weighted by molar-refractivity contribution is 6.09. The number of aryl methyl sites for hydroxylation is 1. The molecular weight excluding hydrogens is 364 g/mol. The molecule has 5 nitrogen and oxygen atoms in total. The minimum Gasteiger partial charge on any atom is -0.332 e. The summed E-state index contributed by atoms with van der Waals surface area (Å²) in [5, 5.41) is 2.77. The third-order valence-corrected chi connectivity index (χ3v) is 4.49. The van der Waals surface area contributed by atoms with E-state index in [1.165, 1.54) is 4.90 Å². The fourth-order valence-corrected chi connectivity index (χ4v) is 2.87. The molecule has 3 rings (SSSR count). The number of hydrogen-bond donors (Lipinski definition) is 1. The first kappa shape index (κ1) is 20.0. The number of hydrogen-bond acceptors (Lipinski definition) is 3. The maximum absolute atomic E-state index is 12.6. The third-order valence-electron chi connectivity index (χ3n) is 4.49. The standard InChI is InChI=1S/C24H22N2O3/c1-17-8-14-21(15-9-17)25-22(27)16-26(2)24(29)20-12-10-19(11-13-20)23(28)18-6-4-3-5-7-18/h3-15H,16H2,1-2H3,(H,25,27). The van der Waals surface area contributed by atoms with Gasteiger partial charge in [-0.05, 0) is 31.2 Å². The second-order valence-corrected chi connectivity index (χ2v) is 6.85. The summed E-state index contributed by atoms with van der Waals surface area (Å²) in [7, 11) is 1.57. The van der Waals surface area contributed by atoms with Crippen LogP contribution in [0.1, 0.15) is 31.8 Å². The molecule has 0 aliphatic rings. The van der Waals surface area contributed by atoms with E-state index in [-0.39, 0.29) is 24.1 Å². The van der Waals surface area contributed by atoms with Gasteiger partial charge in [0.15, 0.2) is 5.78 Å². The highest BCUT2D eigenvalue weighted by atomic mass is 16.2. The lowest BCUT2D eigenvalue weighted by Gasteiger charge is -2.17. The smallest absolute Gasteiger partial charge is 0.254 e. The van der Waals surface area contributed by atoms with Crippen molar-refractivity contribution >= 4 is 23.3 Å². The fraction of sp³-hybridized carbons (Fsp3) is 0.125. The molecular formula is C24H22N2O3. The molecule has 0 aliphatic heterocycles. The number of carbonyl (C=O) groups excluding carboxylic acids is 3. The molecule has 0 bridgehead atoms. The Morgan fingerprint density at radius 2 is 1.31 bits per heavy atom. The van der Waals surface area contributed by atoms with E-state index >= 15 is 0 Å². The van der Waals surface area contributed by atoms with Gasteiger partial charge in [-0.15, -0.1) is 0 Å². The van der Waals surface area contributed by atoms with Gasteiger partial charge in [-0.1, -0.05) is 60.2 Å². The molecule has 3 aromatic carbocycles. The summed E-state index contributed by atoms with van der Waals surface area (Å²) in [6, 6.07) is 22.9. The van der Waals surface area contributed by atoms with Crippen molar-refractivity contribution in [2.75, 3.05) is 18.9 Å². The van der Waals surface area contributed by atoms with Gasteiger partial charge in [0.25, 0.3) is 5.91 Å². The number of nitrogens with one attached hydrogen (secondary N) is 1. The summed E-state index contributed by atoms with van der Waals surface area (Å²) < 4.78 is 0. The van der Waals surface area contributed by atoms with E-state index in [1.807, 2.05) is 49.4 Å². The van der Waals surface area contributed by atoms with Crippen LogP contribution in [-0.2, 0) is 4.79 Å². The van der Waals surface area contributed by atoms with Crippen molar-refractivity contribution in [3.8, 4) is 0 Å². The molecule has 0 aromatic heterocycles. The second-order valence-electron chi connectivity index (χ2n) is 6.85. The Morgan fingerprint density at radius 3 is 1.93 bits per heavy atom. The molecule has 0 saturated carbocycles. The number of rotatable bonds is 6. The Bertz CT molecular complexity index is 1010. The monoisotopic (exact) mass is 386 g/mol. The van der Waals surface area contributed by atoms with Gasteiger partial charge in [-0.3, -0.25) is 14.4 Å². The Hall–Kier alpha value is -3.73. The van der Waals surface area contributed by atoms with Crippen LogP contribution in [0.5, 0.6) is 0 Å². The molecule has 0 saturated heterocycles. The van der Waals surface area contributed by atoms with E-state index in [2.05, 4.69) is 5.32 Å². The number of anilines is 1. The van der Waals surface area contributed by atoms with Gasteiger partial charge < -0.3 is 10.2 Å². The van der Waals surface area contributed by atoms with Crippen molar-refractivity contribution in [2.45, 2.75) is 6.92 Å². The van der Waals surface area contributed by atoms with E-state index < -0.39 is 0 Å². The molecule has 0 aliphatic carbocycles. The Labute approximate surface area is 170 Å². The second kappa shape index (κ2) is 8.97. The summed E-state index contributed by atoms with van der Waals surface area (Å²) in [6.07, 6.45) is 0. The molecule has 0 radical (unpaired) electrons. The van der Waals surface area contributed by atoms with Crippen LogP contribution >= 0.6 is 0 Å². The highest BCUT2D eigenvalue weighted by Crippen LogP contribution is 2.13. The largest absolute Gasteiger partial charge is 0.332 e. The van der Waals surface area contributed by atoms with Gasteiger partial charge in [0.2, 0.25) is 5.91 Å². The van der Waals surface area contributed by atoms with Crippen LogP contribution in [0.2, 0.25) is 0 Å². The van der Waals surface area contributed by atoms with Crippen molar-refractivity contribution < 1.29 is 14.4 Å². The van der Waals surface area contributed by atoms with Crippen molar-refractivity contribution in [3.05, 3.63) is 101 Å². The maximum Gasteiger partial charge on any atom is 0.254 e. The summed E-state index contributed by atoms with van der Waals surface area (Å²) in [5.41, 5.74) is 3.30. The van der Waals surface area contributed by atoms with Crippen LogP contribution in [0.4, 0.5) is 5.69 Å². The van der Waals surface area contributed by atoms with Gasteiger partial charge in [0.05, 0.1) is 6.54 Å². The Morgan fingerprint density at radius 1 is 0.759 bits per heavy atom. The normalized spacial score (nSPS) is 10.3. The van der Waals surface area contributed by atoms with Crippen molar-refractivity contribution in [3.63, 3.8) is 0 Å². The minimum absolute atomic E-state index is 0.0720. The Balaban J connectivity index is 1.61. The molecule has 1 N–H and O–H groups in total. The summed E-state index contributed by atoms with van der Waals surface area (Å²) >= 11 is 0. The van der Waals surface area contributed by atoms with Gasteiger partial charge in [0.1, 0.15) is 0 Å². The Kier molecular flexibility index (Phi) is 6.19. The van der Waals surface area contributed by atoms with Crippen LogP contribution in [0.25, 0.3) is 0 Å². The molecule has 0 unspecified atom stereocenters. The van der Waals surface area contributed by atoms with E-state index in [0.29, 0.717) is 22.4 Å². The molecule has 0 heterocycles. The van der Waals surface area contributed by atoms with E-state index in [1.54, 1.807) is 43.4 Å². The zero-order chi connectivity index (χ0) is 20.8. The van der Waals surface area contributed by atoms with Crippen LogP contribution in [0, 0.1) is 6.92 Å².